The summed E-state index contributed by atoms with van der Waals surface area (Å²) in [6.07, 6.45) is 6.13. The van der Waals surface area contributed by atoms with Gasteiger partial charge in [0, 0.05) is 5.02 Å². The predicted molar refractivity (Wildman–Crippen MR) is 80.0 cm³/mol. The van der Waals surface area contributed by atoms with E-state index in [1.807, 2.05) is 24.3 Å². The van der Waals surface area contributed by atoms with Crippen LogP contribution in [0.15, 0.2) is 30.5 Å². The van der Waals surface area contributed by atoms with Crippen molar-refractivity contribution in [3.05, 3.63) is 46.7 Å². The zero-order valence-corrected chi connectivity index (χ0v) is 12.3. The van der Waals surface area contributed by atoms with Gasteiger partial charge in [0.15, 0.2) is 5.69 Å². The van der Waals surface area contributed by atoms with Crippen molar-refractivity contribution < 1.29 is 4.79 Å². The molecule has 1 heterocycles. The topological polar surface area (TPSA) is 70.7 Å². The van der Waals surface area contributed by atoms with Crippen LogP contribution in [-0.4, -0.2) is 21.3 Å². The Balaban J connectivity index is 1.82. The third-order valence-electron chi connectivity index (χ3n) is 4.03. The molecule has 0 radical (unpaired) electrons. The molecular weight excluding hydrogens is 288 g/mol. The first kappa shape index (κ1) is 14.1. The third-order valence-corrected chi connectivity index (χ3v) is 4.29. The van der Waals surface area contributed by atoms with Gasteiger partial charge in [0.05, 0.1) is 12.2 Å². The first-order valence-electron chi connectivity index (χ1n) is 7.16. The molecule has 1 unspecified atom stereocenters. The lowest BCUT2D eigenvalue weighted by Gasteiger charge is -2.25. The fraction of sp³-hybridized carbons (Fsp3) is 0.400. The molecule has 1 saturated carbocycles. The maximum atomic E-state index is 12.3. The number of nitrogens with zero attached hydrogens (tertiary/aromatic N) is 2. The zero-order chi connectivity index (χ0) is 14.7. The molecule has 1 amide bonds. The van der Waals surface area contributed by atoms with Crippen LogP contribution in [0.2, 0.25) is 5.02 Å². The van der Waals surface area contributed by atoms with E-state index in [1.54, 1.807) is 0 Å². The van der Waals surface area contributed by atoms with E-state index in [0.29, 0.717) is 16.6 Å². The summed E-state index contributed by atoms with van der Waals surface area (Å²) in [6, 6.07) is 7.68. The number of carbonyl (C=O) groups is 1. The second kappa shape index (κ2) is 6.26. The van der Waals surface area contributed by atoms with Crippen LogP contribution in [0.4, 0.5) is 0 Å². The van der Waals surface area contributed by atoms with Gasteiger partial charge in [-0.3, -0.25) is 4.79 Å². The number of hydrogen-bond acceptors (Lipinski definition) is 3. The number of aromatic amines is 1. The number of halogens is 1. The van der Waals surface area contributed by atoms with Gasteiger partial charge < -0.3 is 5.32 Å². The molecule has 0 spiro atoms. The lowest BCUT2D eigenvalue weighted by molar-refractivity contribution is 0.0916. The second-order valence-corrected chi connectivity index (χ2v) is 5.84. The van der Waals surface area contributed by atoms with E-state index in [1.165, 1.54) is 19.0 Å². The minimum atomic E-state index is -0.199. The zero-order valence-electron chi connectivity index (χ0n) is 11.6. The first-order chi connectivity index (χ1) is 10.2. The van der Waals surface area contributed by atoms with Crippen LogP contribution in [0.25, 0.3) is 0 Å². The Labute approximate surface area is 128 Å². The number of benzene rings is 1. The lowest BCUT2D eigenvalue weighted by atomic mass is 9.91. The maximum Gasteiger partial charge on any atom is 0.273 e. The van der Waals surface area contributed by atoms with E-state index in [2.05, 4.69) is 20.7 Å². The van der Waals surface area contributed by atoms with Gasteiger partial charge >= 0.3 is 0 Å². The summed E-state index contributed by atoms with van der Waals surface area (Å²) < 4.78 is 0. The van der Waals surface area contributed by atoms with Gasteiger partial charge in [-0.05, 0) is 36.5 Å². The van der Waals surface area contributed by atoms with Crippen LogP contribution in [0.5, 0.6) is 0 Å². The minimum absolute atomic E-state index is 0.00559. The standard InChI is InChI=1S/C15H17ClN4O/c16-12-7-5-11(6-8-12)14(10-3-1-2-4-10)18-15(21)13-9-17-20-19-13/h5-10,14H,1-4H2,(H,18,21)(H,17,19,20). The number of hydrogen-bond donors (Lipinski definition) is 2. The van der Waals surface area contributed by atoms with E-state index >= 15 is 0 Å². The Hall–Kier alpha value is -1.88. The van der Waals surface area contributed by atoms with Crippen LogP contribution >= 0.6 is 11.6 Å². The molecule has 1 aliphatic rings. The molecule has 1 aromatic carbocycles. The average Bonchev–Trinajstić information content (AvgIpc) is 3.19. The Morgan fingerprint density at radius 2 is 2.00 bits per heavy atom. The molecule has 110 valence electrons. The van der Waals surface area contributed by atoms with E-state index in [-0.39, 0.29) is 11.9 Å². The molecule has 1 aliphatic carbocycles. The Morgan fingerprint density at radius 3 is 2.62 bits per heavy atom. The van der Waals surface area contributed by atoms with Crippen LogP contribution in [0.1, 0.15) is 47.8 Å². The first-order valence-corrected chi connectivity index (χ1v) is 7.54. The highest BCUT2D eigenvalue weighted by Gasteiger charge is 2.28. The fourth-order valence-corrected chi connectivity index (χ4v) is 3.09. The highest BCUT2D eigenvalue weighted by Crippen LogP contribution is 2.36. The molecule has 21 heavy (non-hydrogen) atoms. The highest BCUT2D eigenvalue weighted by molar-refractivity contribution is 6.30. The molecule has 0 saturated heterocycles. The summed E-state index contributed by atoms with van der Waals surface area (Å²) in [5.74, 6) is 0.262. The van der Waals surface area contributed by atoms with Crippen molar-refractivity contribution in [3.8, 4) is 0 Å². The lowest BCUT2D eigenvalue weighted by Crippen LogP contribution is -2.33. The van der Waals surface area contributed by atoms with Gasteiger partial charge in [-0.25, -0.2) is 0 Å². The van der Waals surface area contributed by atoms with E-state index in [0.717, 1.165) is 18.4 Å². The Morgan fingerprint density at radius 1 is 1.29 bits per heavy atom. The number of aromatic nitrogens is 3. The molecular formula is C15H17ClN4O. The van der Waals surface area contributed by atoms with Gasteiger partial charge in [-0.2, -0.15) is 15.4 Å². The number of nitrogens with one attached hydrogen (secondary N) is 2. The van der Waals surface area contributed by atoms with Crippen molar-refractivity contribution in [1.82, 2.24) is 20.7 Å². The largest absolute Gasteiger partial charge is 0.344 e. The van der Waals surface area contributed by atoms with E-state index in [9.17, 15) is 4.79 Å². The molecule has 0 aliphatic heterocycles. The molecule has 5 nitrogen and oxygen atoms in total. The highest BCUT2D eigenvalue weighted by atomic mass is 35.5. The number of rotatable bonds is 4. The third kappa shape index (κ3) is 3.24. The summed E-state index contributed by atoms with van der Waals surface area (Å²) in [7, 11) is 0. The van der Waals surface area contributed by atoms with Gasteiger partial charge in [-0.15, -0.1) is 0 Å². The normalized spacial score (nSPS) is 16.8. The Kier molecular flexibility index (Phi) is 4.20. The molecule has 1 aromatic heterocycles. The van der Waals surface area contributed by atoms with Gasteiger partial charge in [0.1, 0.15) is 0 Å². The average molecular weight is 305 g/mol. The van der Waals surface area contributed by atoms with Crippen LogP contribution in [-0.2, 0) is 0 Å². The SMILES string of the molecule is O=C(NC(c1ccc(Cl)cc1)C1CCCC1)c1cn[nH]n1. The van der Waals surface area contributed by atoms with Gasteiger partial charge in [-0.1, -0.05) is 36.6 Å². The van der Waals surface area contributed by atoms with Gasteiger partial charge in [0.2, 0.25) is 0 Å². The quantitative estimate of drug-likeness (QED) is 0.911. The van der Waals surface area contributed by atoms with Crippen molar-refractivity contribution in [1.29, 1.82) is 0 Å². The monoisotopic (exact) mass is 304 g/mol. The van der Waals surface area contributed by atoms with Crippen LogP contribution in [0.3, 0.4) is 0 Å². The maximum absolute atomic E-state index is 12.3. The smallest absolute Gasteiger partial charge is 0.273 e. The van der Waals surface area contributed by atoms with Crippen LogP contribution < -0.4 is 5.32 Å². The molecule has 1 fully saturated rings. The van der Waals surface area contributed by atoms with Crippen LogP contribution in [0, 0.1) is 5.92 Å². The van der Waals surface area contributed by atoms with E-state index in [4.69, 9.17) is 11.6 Å². The summed E-state index contributed by atoms with van der Waals surface area (Å²) in [4.78, 5) is 12.3. The second-order valence-electron chi connectivity index (χ2n) is 5.40. The summed E-state index contributed by atoms with van der Waals surface area (Å²) >= 11 is 5.95. The molecule has 0 bridgehead atoms. The predicted octanol–water partition coefficient (Wildman–Crippen LogP) is 3.12. The molecule has 6 heteroatoms. The van der Waals surface area contributed by atoms with E-state index < -0.39 is 0 Å². The number of carbonyl (C=O) groups excluding carboxylic acids is 1. The van der Waals surface area contributed by atoms with Crippen molar-refractivity contribution in [2.75, 3.05) is 0 Å². The summed E-state index contributed by atoms with van der Waals surface area (Å²) in [5, 5.41) is 13.8. The minimum Gasteiger partial charge on any atom is -0.344 e. The fourth-order valence-electron chi connectivity index (χ4n) is 2.96. The number of amides is 1. The molecule has 1 atom stereocenters. The van der Waals surface area contributed by atoms with Crippen molar-refractivity contribution in [3.63, 3.8) is 0 Å². The van der Waals surface area contributed by atoms with Gasteiger partial charge in [0.25, 0.3) is 5.91 Å². The molecule has 2 aromatic rings. The number of H-pyrrole nitrogens is 1. The summed E-state index contributed by atoms with van der Waals surface area (Å²) in [6.45, 7) is 0. The molecule has 3 rings (SSSR count). The van der Waals surface area contributed by atoms with Crippen molar-refractivity contribution in [2.24, 2.45) is 5.92 Å². The summed E-state index contributed by atoms with van der Waals surface area (Å²) in [5.41, 5.74) is 1.40. The molecule has 2 N–H and O–H groups in total. The van der Waals surface area contributed by atoms with Crippen molar-refractivity contribution in [2.45, 2.75) is 31.7 Å². The Bertz CT molecular complexity index is 591. The van der Waals surface area contributed by atoms with Crippen molar-refractivity contribution >= 4 is 17.5 Å².